The van der Waals surface area contributed by atoms with Crippen molar-refractivity contribution in [1.82, 2.24) is 10.2 Å². The number of benzene rings is 3. The Balaban J connectivity index is 1.35. The van der Waals surface area contributed by atoms with Crippen molar-refractivity contribution in [2.75, 3.05) is 4.90 Å². The zero-order valence-corrected chi connectivity index (χ0v) is 23.4. The Morgan fingerprint density at radius 1 is 1.00 bits per heavy atom. The maximum Gasteiger partial charge on any atom is 0.296 e. The van der Waals surface area contributed by atoms with E-state index in [2.05, 4.69) is 34.5 Å². The van der Waals surface area contributed by atoms with Crippen molar-refractivity contribution in [3.63, 3.8) is 0 Å². The summed E-state index contributed by atoms with van der Waals surface area (Å²) in [4.78, 5) is 28.3. The lowest BCUT2D eigenvalue weighted by Crippen LogP contribution is -2.31. The number of para-hydroxylation sites is 1. The van der Waals surface area contributed by atoms with Crippen LogP contribution in [0.3, 0.4) is 0 Å². The van der Waals surface area contributed by atoms with Crippen molar-refractivity contribution in [1.29, 1.82) is 0 Å². The lowest BCUT2D eigenvalue weighted by atomic mass is 9.95. The van der Waals surface area contributed by atoms with Gasteiger partial charge in [-0.2, -0.15) is 0 Å². The minimum atomic E-state index is -0.984. The first-order valence-electron chi connectivity index (χ1n) is 12.7. The predicted molar refractivity (Wildman–Crippen MR) is 157 cm³/mol. The number of aromatic nitrogens is 2. The number of nitrogens with zero attached hydrogens (tertiary/aromatic N) is 3. The molecule has 10 heteroatoms. The molecular formula is C31H23N3O5S2. The molecule has 0 bridgehead atoms. The Bertz CT molecular complexity index is 1730. The Labute approximate surface area is 243 Å². The highest BCUT2D eigenvalue weighted by molar-refractivity contribution is 8.00. The molecule has 8 nitrogen and oxygen atoms in total. The van der Waals surface area contributed by atoms with Gasteiger partial charge in [-0.05, 0) is 54.4 Å². The molecule has 1 atom stereocenters. The SMILES string of the molecule is Cc1ccc(CSc2nnc(N3C(=O)C(O)=C(C(=O)c4ccco4)C3c3cccc(Oc4ccccc4)c3)s2)cc1. The molecule has 0 aliphatic carbocycles. The van der Waals surface area contributed by atoms with Crippen LogP contribution >= 0.6 is 23.1 Å². The van der Waals surface area contributed by atoms with E-state index < -0.39 is 23.5 Å². The van der Waals surface area contributed by atoms with Gasteiger partial charge in [-0.15, -0.1) is 10.2 Å². The highest BCUT2D eigenvalue weighted by atomic mass is 32.2. The fraction of sp³-hybridized carbons (Fsp3) is 0.0968. The molecule has 0 radical (unpaired) electrons. The molecule has 204 valence electrons. The van der Waals surface area contributed by atoms with Crippen LogP contribution in [0.2, 0.25) is 0 Å². The zero-order chi connectivity index (χ0) is 28.3. The number of Topliss-reactive ketones (excluding diaryl/α,β-unsaturated/α-hetero) is 1. The third kappa shape index (κ3) is 5.52. The molecule has 6 rings (SSSR count). The number of ether oxygens (including phenoxy) is 1. The molecule has 5 aromatic rings. The number of carbonyl (C=O) groups excluding carboxylic acids is 2. The van der Waals surface area contributed by atoms with Gasteiger partial charge in [0.1, 0.15) is 11.5 Å². The van der Waals surface area contributed by atoms with E-state index in [1.54, 1.807) is 30.3 Å². The number of carbonyl (C=O) groups is 2. The summed E-state index contributed by atoms with van der Waals surface area (Å²) in [6, 6.07) is 26.6. The fourth-order valence-electron chi connectivity index (χ4n) is 4.45. The van der Waals surface area contributed by atoms with Crippen LogP contribution < -0.4 is 9.64 Å². The topological polar surface area (TPSA) is 106 Å². The van der Waals surface area contributed by atoms with Gasteiger partial charge in [0.15, 0.2) is 15.9 Å². The number of ketones is 1. The maximum atomic E-state index is 13.5. The van der Waals surface area contributed by atoms with E-state index in [4.69, 9.17) is 9.15 Å². The molecule has 1 amide bonds. The zero-order valence-electron chi connectivity index (χ0n) is 21.8. The molecule has 0 spiro atoms. The standard InChI is InChI=1S/C31H23N3O5S2/c1-19-12-14-20(15-13-19)18-40-31-33-32-30(41-31)34-26(25(28(36)29(34)37)27(35)24-11-6-16-38-24)21-7-5-10-23(17-21)39-22-8-3-2-4-9-22/h2-17,26,36H,18H2,1H3. The highest BCUT2D eigenvalue weighted by Crippen LogP contribution is 2.44. The molecule has 2 aromatic heterocycles. The molecule has 1 aliphatic heterocycles. The average molecular weight is 582 g/mol. The summed E-state index contributed by atoms with van der Waals surface area (Å²) in [5.41, 5.74) is 2.76. The van der Waals surface area contributed by atoms with Crippen molar-refractivity contribution < 1.29 is 23.8 Å². The first-order chi connectivity index (χ1) is 20.0. The number of amides is 1. The van der Waals surface area contributed by atoms with Gasteiger partial charge >= 0.3 is 0 Å². The third-order valence-corrected chi connectivity index (χ3v) is 8.56. The van der Waals surface area contributed by atoms with Crippen LogP contribution in [-0.4, -0.2) is 27.0 Å². The van der Waals surface area contributed by atoms with E-state index in [1.165, 1.54) is 45.9 Å². The van der Waals surface area contributed by atoms with Gasteiger partial charge in [-0.25, -0.2) is 0 Å². The third-order valence-electron chi connectivity index (χ3n) is 6.44. The van der Waals surface area contributed by atoms with E-state index in [0.29, 0.717) is 27.2 Å². The summed E-state index contributed by atoms with van der Waals surface area (Å²) >= 11 is 2.71. The molecule has 0 fully saturated rings. The fourth-order valence-corrected chi connectivity index (χ4v) is 6.27. The number of aliphatic hydroxyl groups is 1. The second kappa shape index (κ2) is 11.4. The van der Waals surface area contributed by atoms with Gasteiger partial charge < -0.3 is 14.3 Å². The number of hydrogen-bond acceptors (Lipinski definition) is 9. The van der Waals surface area contributed by atoms with Crippen molar-refractivity contribution in [3.05, 3.63) is 131 Å². The van der Waals surface area contributed by atoms with Gasteiger partial charge in [0.05, 0.1) is 17.9 Å². The molecule has 3 heterocycles. The van der Waals surface area contributed by atoms with Crippen molar-refractivity contribution in [2.24, 2.45) is 0 Å². The van der Waals surface area contributed by atoms with Crippen LogP contribution in [0.25, 0.3) is 0 Å². The number of anilines is 1. The number of thioether (sulfide) groups is 1. The number of furan rings is 1. The maximum absolute atomic E-state index is 13.5. The average Bonchev–Trinajstić information content (AvgIpc) is 3.74. The second-order valence-corrected chi connectivity index (χ2v) is 11.4. The van der Waals surface area contributed by atoms with E-state index in [9.17, 15) is 14.7 Å². The van der Waals surface area contributed by atoms with Crippen LogP contribution in [0.15, 0.2) is 117 Å². The van der Waals surface area contributed by atoms with Gasteiger partial charge in [-0.1, -0.05) is 83.3 Å². The molecule has 0 saturated heterocycles. The smallest absolute Gasteiger partial charge is 0.296 e. The summed E-state index contributed by atoms with van der Waals surface area (Å²) in [5, 5.41) is 19.8. The Kier molecular flexibility index (Phi) is 7.41. The number of rotatable bonds is 9. The summed E-state index contributed by atoms with van der Waals surface area (Å²) in [5.74, 6) is -0.176. The summed E-state index contributed by atoms with van der Waals surface area (Å²) in [6.45, 7) is 2.04. The van der Waals surface area contributed by atoms with Crippen LogP contribution in [0.1, 0.15) is 33.3 Å². The second-order valence-electron chi connectivity index (χ2n) is 9.26. The molecule has 0 saturated carbocycles. The minimum absolute atomic E-state index is 0.00879. The normalized spacial score (nSPS) is 15.0. The minimum Gasteiger partial charge on any atom is -0.503 e. The van der Waals surface area contributed by atoms with Crippen LogP contribution in [0.4, 0.5) is 5.13 Å². The molecule has 1 aliphatic rings. The summed E-state index contributed by atoms with van der Waals surface area (Å²) in [6.07, 6.45) is 1.37. The van der Waals surface area contributed by atoms with Gasteiger partial charge in [0.2, 0.25) is 10.9 Å². The Morgan fingerprint density at radius 2 is 1.78 bits per heavy atom. The lowest BCUT2D eigenvalue weighted by molar-refractivity contribution is -0.117. The first kappa shape index (κ1) is 26.5. The largest absolute Gasteiger partial charge is 0.503 e. The molecule has 1 N–H and O–H groups in total. The van der Waals surface area contributed by atoms with Gasteiger partial charge in [0.25, 0.3) is 5.91 Å². The quantitative estimate of drug-likeness (QED) is 0.110. The van der Waals surface area contributed by atoms with Crippen LogP contribution in [0.5, 0.6) is 11.5 Å². The molecular weight excluding hydrogens is 558 g/mol. The van der Waals surface area contributed by atoms with Crippen LogP contribution in [0, 0.1) is 6.92 Å². The Hall–Kier alpha value is -4.67. The first-order valence-corrected chi connectivity index (χ1v) is 14.5. The van der Waals surface area contributed by atoms with Crippen LogP contribution in [-0.2, 0) is 10.5 Å². The molecule has 3 aromatic carbocycles. The predicted octanol–water partition coefficient (Wildman–Crippen LogP) is 7.31. The Morgan fingerprint density at radius 3 is 2.54 bits per heavy atom. The van der Waals surface area contributed by atoms with E-state index in [-0.39, 0.29) is 16.5 Å². The summed E-state index contributed by atoms with van der Waals surface area (Å²) < 4.78 is 12.0. The van der Waals surface area contributed by atoms with E-state index >= 15 is 0 Å². The van der Waals surface area contributed by atoms with Crippen molar-refractivity contribution in [2.45, 2.75) is 23.1 Å². The highest BCUT2D eigenvalue weighted by Gasteiger charge is 2.46. The van der Waals surface area contributed by atoms with Crippen molar-refractivity contribution >= 4 is 39.9 Å². The molecule has 41 heavy (non-hydrogen) atoms. The molecule has 1 unspecified atom stereocenters. The van der Waals surface area contributed by atoms with E-state index in [1.807, 2.05) is 37.3 Å². The van der Waals surface area contributed by atoms with Crippen molar-refractivity contribution in [3.8, 4) is 11.5 Å². The summed E-state index contributed by atoms with van der Waals surface area (Å²) in [7, 11) is 0. The number of aliphatic hydroxyl groups excluding tert-OH is 1. The lowest BCUT2D eigenvalue weighted by Gasteiger charge is -2.24. The number of aryl methyl sites for hydroxylation is 1. The van der Waals surface area contributed by atoms with E-state index in [0.717, 1.165) is 5.56 Å². The number of hydrogen-bond donors (Lipinski definition) is 1. The van der Waals surface area contributed by atoms with Gasteiger partial charge in [-0.3, -0.25) is 14.5 Å². The monoisotopic (exact) mass is 581 g/mol. The van der Waals surface area contributed by atoms with Gasteiger partial charge in [0, 0.05) is 5.75 Å².